The van der Waals surface area contributed by atoms with Gasteiger partial charge in [-0.05, 0) is 13.8 Å². The highest BCUT2D eigenvalue weighted by molar-refractivity contribution is 7.93. The van der Waals surface area contributed by atoms with Crippen molar-refractivity contribution in [2.75, 3.05) is 6.61 Å². The third kappa shape index (κ3) is 3.06. The summed E-state index contributed by atoms with van der Waals surface area (Å²) in [4.78, 5) is -0.0654. The number of sulfonamides is 1. The largest absolute Gasteiger partial charge is 0.493 e. The normalized spacial score (nSPS) is 12.8. The zero-order valence-electron chi connectivity index (χ0n) is 7.20. The molecule has 0 aromatic carbocycles. The standard InChI is InChI=1S/C7H13NO3S/c1-4-7(12(8,9)10)6(3)11-5-2/h4H,3,5H2,1-2H3,(H2,8,9,10)/b7-4+. The lowest BCUT2D eigenvalue weighted by Gasteiger charge is -2.07. The van der Waals surface area contributed by atoms with E-state index in [9.17, 15) is 8.42 Å². The van der Waals surface area contributed by atoms with Gasteiger partial charge in [-0.15, -0.1) is 0 Å². The Hall–Kier alpha value is -0.810. The molecular formula is C7H13NO3S. The summed E-state index contributed by atoms with van der Waals surface area (Å²) in [6.45, 7) is 7.10. The molecule has 70 valence electrons. The topological polar surface area (TPSA) is 69.4 Å². The van der Waals surface area contributed by atoms with Crippen LogP contribution in [0.2, 0.25) is 0 Å². The fourth-order valence-corrected chi connectivity index (χ4v) is 1.43. The van der Waals surface area contributed by atoms with Crippen LogP contribution in [0.15, 0.2) is 23.3 Å². The van der Waals surface area contributed by atoms with E-state index in [2.05, 4.69) is 6.58 Å². The molecule has 0 saturated carbocycles. The van der Waals surface area contributed by atoms with Crippen LogP contribution < -0.4 is 5.14 Å². The molecule has 0 aliphatic carbocycles. The zero-order chi connectivity index (χ0) is 9.78. The summed E-state index contributed by atoms with van der Waals surface area (Å²) in [5.74, 6) is 0.0856. The molecule has 0 radical (unpaired) electrons. The van der Waals surface area contributed by atoms with E-state index in [1.807, 2.05) is 0 Å². The van der Waals surface area contributed by atoms with Crippen LogP contribution >= 0.6 is 0 Å². The van der Waals surface area contributed by atoms with E-state index in [4.69, 9.17) is 9.88 Å². The molecule has 0 spiro atoms. The van der Waals surface area contributed by atoms with Crippen molar-refractivity contribution in [1.29, 1.82) is 0 Å². The van der Waals surface area contributed by atoms with Crippen molar-refractivity contribution in [1.82, 2.24) is 0 Å². The summed E-state index contributed by atoms with van der Waals surface area (Å²) in [5.41, 5.74) is 0. The number of allylic oxidation sites excluding steroid dienone is 1. The Bertz CT molecular complexity index is 290. The molecule has 0 amide bonds. The quantitative estimate of drug-likeness (QED) is 0.526. The third-order valence-electron chi connectivity index (χ3n) is 1.16. The van der Waals surface area contributed by atoms with Crippen molar-refractivity contribution in [3.63, 3.8) is 0 Å². The first-order chi connectivity index (χ1) is 5.43. The summed E-state index contributed by atoms with van der Waals surface area (Å²) in [7, 11) is -3.70. The predicted octanol–water partition coefficient (Wildman–Crippen LogP) is 0.729. The Morgan fingerprint density at radius 1 is 1.67 bits per heavy atom. The van der Waals surface area contributed by atoms with Gasteiger partial charge < -0.3 is 4.74 Å². The maximum Gasteiger partial charge on any atom is 0.241 e. The highest BCUT2D eigenvalue weighted by Crippen LogP contribution is 2.13. The molecule has 0 aromatic rings. The second-order valence-electron chi connectivity index (χ2n) is 2.05. The number of hydrogen-bond acceptors (Lipinski definition) is 3. The van der Waals surface area contributed by atoms with Gasteiger partial charge >= 0.3 is 0 Å². The molecule has 0 unspecified atom stereocenters. The Labute approximate surface area is 72.8 Å². The molecule has 0 fully saturated rings. The molecule has 5 heteroatoms. The van der Waals surface area contributed by atoms with Crippen molar-refractivity contribution < 1.29 is 13.2 Å². The lowest BCUT2D eigenvalue weighted by atomic mass is 10.4. The second-order valence-corrected chi connectivity index (χ2v) is 3.58. The average molecular weight is 191 g/mol. The molecule has 0 bridgehead atoms. The van der Waals surface area contributed by atoms with Gasteiger partial charge in [0.05, 0.1) is 6.61 Å². The highest BCUT2D eigenvalue weighted by atomic mass is 32.2. The lowest BCUT2D eigenvalue weighted by molar-refractivity contribution is 0.242. The number of nitrogens with two attached hydrogens (primary N) is 1. The summed E-state index contributed by atoms with van der Waals surface area (Å²) in [6, 6.07) is 0. The zero-order valence-corrected chi connectivity index (χ0v) is 8.02. The average Bonchev–Trinajstić information content (AvgIpc) is 1.85. The predicted molar refractivity (Wildman–Crippen MR) is 47.6 cm³/mol. The van der Waals surface area contributed by atoms with E-state index >= 15 is 0 Å². The van der Waals surface area contributed by atoms with E-state index in [1.165, 1.54) is 6.08 Å². The van der Waals surface area contributed by atoms with E-state index in [0.717, 1.165) is 0 Å². The van der Waals surface area contributed by atoms with Crippen LogP contribution in [0.5, 0.6) is 0 Å². The maximum atomic E-state index is 10.8. The van der Waals surface area contributed by atoms with Gasteiger partial charge in [0, 0.05) is 0 Å². The van der Waals surface area contributed by atoms with Gasteiger partial charge in [0.25, 0.3) is 0 Å². The fourth-order valence-electron chi connectivity index (χ4n) is 0.729. The maximum absolute atomic E-state index is 10.8. The molecular weight excluding hydrogens is 178 g/mol. The van der Waals surface area contributed by atoms with Gasteiger partial charge in [-0.3, -0.25) is 0 Å². The number of hydrogen-bond donors (Lipinski definition) is 1. The molecule has 2 N–H and O–H groups in total. The van der Waals surface area contributed by atoms with Crippen molar-refractivity contribution in [3.05, 3.63) is 23.3 Å². The van der Waals surface area contributed by atoms with Gasteiger partial charge in [0.1, 0.15) is 10.7 Å². The van der Waals surface area contributed by atoms with Crippen molar-refractivity contribution in [3.8, 4) is 0 Å². The van der Waals surface area contributed by atoms with E-state index in [-0.39, 0.29) is 10.7 Å². The summed E-state index contributed by atoms with van der Waals surface area (Å²) in [5, 5.41) is 4.88. The molecule has 0 aliphatic heterocycles. The van der Waals surface area contributed by atoms with Crippen molar-refractivity contribution in [2.24, 2.45) is 5.14 Å². The number of rotatable bonds is 4. The molecule has 0 rings (SSSR count). The lowest BCUT2D eigenvalue weighted by Crippen LogP contribution is -2.16. The van der Waals surface area contributed by atoms with Crippen LogP contribution in [-0.4, -0.2) is 15.0 Å². The van der Waals surface area contributed by atoms with Crippen LogP contribution in [-0.2, 0) is 14.8 Å². The number of primary sulfonamides is 1. The Kier molecular flexibility index (Phi) is 3.99. The van der Waals surface area contributed by atoms with Gasteiger partial charge in [-0.1, -0.05) is 12.7 Å². The van der Waals surface area contributed by atoms with Gasteiger partial charge in [-0.25, -0.2) is 13.6 Å². The van der Waals surface area contributed by atoms with Crippen LogP contribution in [0.1, 0.15) is 13.8 Å². The molecule has 0 saturated heterocycles. The minimum atomic E-state index is -3.70. The molecule has 0 heterocycles. The summed E-state index contributed by atoms with van der Waals surface area (Å²) < 4.78 is 26.6. The highest BCUT2D eigenvalue weighted by Gasteiger charge is 2.14. The Morgan fingerprint density at radius 3 is 2.42 bits per heavy atom. The van der Waals surface area contributed by atoms with Gasteiger partial charge in [0.15, 0.2) is 0 Å². The minimum Gasteiger partial charge on any atom is -0.493 e. The summed E-state index contributed by atoms with van der Waals surface area (Å²) in [6.07, 6.45) is 1.35. The minimum absolute atomic E-state index is 0.0654. The van der Waals surface area contributed by atoms with E-state index in [0.29, 0.717) is 6.61 Å². The SMILES string of the molecule is C=C(OCC)/C(=C\C)S(N)(=O)=O. The first-order valence-electron chi connectivity index (χ1n) is 3.44. The third-order valence-corrected chi connectivity index (χ3v) is 2.24. The van der Waals surface area contributed by atoms with E-state index in [1.54, 1.807) is 13.8 Å². The van der Waals surface area contributed by atoms with Crippen LogP contribution in [0.25, 0.3) is 0 Å². The van der Waals surface area contributed by atoms with Crippen LogP contribution in [0.3, 0.4) is 0 Å². The molecule has 0 aromatic heterocycles. The van der Waals surface area contributed by atoms with Crippen LogP contribution in [0, 0.1) is 0 Å². The van der Waals surface area contributed by atoms with Crippen molar-refractivity contribution >= 4 is 10.0 Å². The Balaban J connectivity index is 4.74. The second kappa shape index (κ2) is 4.27. The Morgan fingerprint density at radius 2 is 2.17 bits per heavy atom. The summed E-state index contributed by atoms with van der Waals surface area (Å²) >= 11 is 0. The van der Waals surface area contributed by atoms with E-state index < -0.39 is 10.0 Å². The van der Waals surface area contributed by atoms with Crippen molar-refractivity contribution in [2.45, 2.75) is 13.8 Å². The molecule has 0 atom stereocenters. The van der Waals surface area contributed by atoms with Gasteiger partial charge in [0.2, 0.25) is 10.0 Å². The first kappa shape index (κ1) is 11.2. The van der Waals surface area contributed by atoms with Gasteiger partial charge in [-0.2, -0.15) is 0 Å². The van der Waals surface area contributed by atoms with Crippen LogP contribution in [0.4, 0.5) is 0 Å². The monoisotopic (exact) mass is 191 g/mol. The first-order valence-corrected chi connectivity index (χ1v) is 4.99. The molecule has 0 aliphatic rings. The number of ether oxygens (including phenoxy) is 1. The molecule has 12 heavy (non-hydrogen) atoms. The fraction of sp³-hybridized carbons (Fsp3) is 0.429. The molecule has 4 nitrogen and oxygen atoms in total. The smallest absolute Gasteiger partial charge is 0.241 e.